The lowest BCUT2D eigenvalue weighted by molar-refractivity contribution is -0.137. The van der Waals surface area contributed by atoms with Crippen molar-refractivity contribution in [1.82, 2.24) is 9.88 Å². The van der Waals surface area contributed by atoms with Gasteiger partial charge in [-0.2, -0.15) is 0 Å². The lowest BCUT2D eigenvalue weighted by Crippen LogP contribution is -2.46. The number of likely N-dealkylation sites (tertiary alicyclic amines) is 1. The Labute approximate surface area is 190 Å². The number of rotatable bonds is 6. The number of carbonyl (C=O) groups excluding carboxylic acids is 2. The lowest BCUT2D eigenvalue weighted by atomic mass is 10.1. The normalized spacial score (nSPS) is 20.4. The molecule has 2 fully saturated rings. The van der Waals surface area contributed by atoms with Gasteiger partial charge in [-0.15, -0.1) is 0 Å². The Morgan fingerprint density at radius 2 is 2.00 bits per heavy atom. The van der Waals surface area contributed by atoms with Gasteiger partial charge in [-0.25, -0.2) is 14.6 Å². The Hall–Kier alpha value is -2.45. The number of aromatic nitrogens is 1. The molecule has 3 heterocycles. The number of hydrogen-bond acceptors (Lipinski definition) is 7. The standard InChI is InChI=1S/C24H35N3O5/c1-5-31-22(28)9-7-18-6-8-21(25-16-18)27(23(29)32-24(2,3)4)20-10-13-26(17-20)19-11-14-30-15-12-19/h6-9,16,19-20H,5,10-15,17H2,1-4H3/t20-/m1/s1. The number of ether oxygens (including phenoxy) is 3. The predicted molar refractivity (Wildman–Crippen MR) is 122 cm³/mol. The summed E-state index contributed by atoms with van der Waals surface area (Å²) in [4.78, 5) is 33.4. The highest BCUT2D eigenvalue weighted by Gasteiger charge is 2.37. The minimum Gasteiger partial charge on any atom is -0.463 e. The molecule has 0 aromatic carbocycles. The van der Waals surface area contributed by atoms with Gasteiger partial charge in [0, 0.05) is 44.6 Å². The van der Waals surface area contributed by atoms with Gasteiger partial charge in [0.05, 0.1) is 12.6 Å². The summed E-state index contributed by atoms with van der Waals surface area (Å²) in [6.07, 6.45) is 7.19. The van der Waals surface area contributed by atoms with Gasteiger partial charge in [0.1, 0.15) is 11.4 Å². The molecular weight excluding hydrogens is 410 g/mol. The first-order chi connectivity index (χ1) is 15.3. The van der Waals surface area contributed by atoms with E-state index in [2.05, 4.69) is 9.88 Å². The van der Waals surface area contributed by atoms with E-state index >= 15 is 0 Å². The number of anilines is 1. The molecular formula is C24H35N3O5. The van der Waals surface area contributed by atoms with Crippen LogP contribution in [0.25, 0.3) is 6.08 Å². The summed E-state index contributed by atoms with van der Waals surface area (Å²) in [6, 6.07) is 4.12. The van der Waals surface area contributed by atoms with Crippen molar-refractivity contribution < 1.29 is 23.8 Å². The Morgan fingerprint density at radius 1 is 1.25 bits per heavy atom. The molecule has 0 bridgehead atoms. The minimum atomic E-state index is -0.601. The zero-order valence-electron chi connectivity index (χ0n) is 19.6. The summed E-state index contributed by atoms with van der Waals surface area (Å²) in [7, 11) is 0. The highest BCUT2D eigenvalue weighted by molar-refractivity contribution is 5.88. The van der Waals surface area contributed by atoms with E-state index in [0.717, 1.165) is 51.1 Å². The fourth-order valence-corrected chi connectivity index (χ4v) is 4.09. The third-order valence-electron chi connectivity index (χ3n) is 5.57. The summed E-state index contributed by atoms with van der Waals surface area (Å²) >= 11 is 0. The average molecular weight is 446 g/mol. The number of carbonyl (C=O) groups is 2. The van der Waals surface area contributed by atoms with Gasteiger partial charge >= 0.3 is 12.1 Å². The van der Waals surface area contributed by atoms with Crippen LogP contribution in [0.5, 0.6) is 0 Å². The quantitative estimate of drug-likeness (QED) is 0.488. The average Bonchev–Trinajstić information content (AvgIpc) is 3.22. The molecule has 0 spiro atoms. The molecule has 0 N–H and O–H groups in total. The summed E-state index contributed by atoms with van der Waals surface area (Å²) < 4.78 is 16.1. The maximum absolute atomic E-state index is 13.2. The fourth-order valence-electron chi connectivity index (χ4n) is 4.09. The molecule has 1 aromatic rings. The zero-order valence-corrected chi connectivity index (χ0v) is 19.6. The van der Waals surface area contributed by atoms with Gasteiger partial charge in [0.15, 0.2) is 0 Å². The van der Waals surface area contributed by atoms with Crippen LogP contribution in [0.2, 0.25) is 0 Å². The molecule has 8 nitrogen and oxygen atoms in total. The maximum atomic E-state index is 13.2. The van der Waals surface area contributed by atoms with E-state index in [4.69, 9.17) is 14.2 Å². The van der Waals surface area contributed by atoms with Crippen LogP contribution >= 0.6 is 0 Å². The fraction of sp³-hybridized carbons (Fsp3) is 0.625. The maximum Gasteiger partial charge on any atom is 0.416 e. The summed E-state index contributed by atoms with van der Waals surface area (Å²) in [5, 5.41) is 0. The van der Waals surface area contributed by atoms with E-state index in [-0.39, 0.29) is 6.04 Å². The predicted octanol–water partition coefficient (Wildman–Crippen LogP) is 3.65. The second-order valence-electron chi connectivity index (χ2n) is 9.17. The largest absolute Gasteiger partial charge is 0.463 e. The van der Waals surface area contributed by atoms with Crippen molar-refractivity contribution in [1.29, 1.82) is 0 Å². The van der Waals surface area contributed by atoms with Crippen molar-refractivity contribution >= 4 is 24.0 Å². The molecule has 32 heavy (non-hydrogen) atoms. The summed E-state index contributed by atoms with van der Waals surface area (Å²) in [6.45, 7) is 11.0. The van der Waals surface area contributed by atoms with E-state index < -0.39 is 17.7 Å². The number of nitrogens with zero attached hydrogens (tertiary/aromatic N) is 3. The first-order valence-electron chi connectivity index (χ1n) is 11.4. The first kappa shape index (κ1) is 24.2. The Kier molecular flexibility index (Phi) is 8.26. The zero-order chi connectivity index (χ0) is 23.1. The van der Waals surface area contributed by atoms with Gasteiger partial charge in [0.25, 0.3) is 0 Å². The van der Waals surface area contributed by atoms with Crippen molar-refractivity contribution in [3.05, 3.63) is 30.0 Å². The van der Waals surface area contributed by atoms with Crippen LogP contribution in [-0.2, 0) is 19.0 Å². The van der Waals surface area contributed by atoms with Crippen LogP contribution < -0.4 is 4.90 Å². The monoisotopic (exact) mass is 445 g/mol. The van der Waals surface area contributed by atoms with Crippen LogP contribution in [-0.4, -0.2) is 72.5 Å². The summed E-state index contributed by atoms with van der Waals surface area (Å²) in [5.41, 5.74) is 0.151. The second-order valence-corrected chi connectivity index (χ2v) is 9.17. The highest BCUT2D eigenvalue weighted by atomic mass is 16.6. The Balaban J connectivity index is 1.76. The van der Waals surface area contributed by atoms with E-state index in [1.54, 1.807) is 30.2 Å². The van der Waals surface area contributed by atoms with Gasteiger partial charge in [-0.1, -0.05) is 0 Å². The third kappa shape index (κ3) is 6.77. The van der Waals surface area contributed by atoms with E-state index in [1.165, 1.54) is 6.08 Å². The SMILES string of the molecule is CCOC(=O)C=Cc1ccc(N(C(=O)OC(C)(C)C)[C@@H]2CCN(C3CCOCC3)C2)nc1. The van der Waals surface area contributed by atoms with Crippen molar-refractivity contribution in [3.63, 3.8) is 0 Å². The van der Waals surface area contributed by atoms with E-state index in [1.807, 2.05) is 26.8 Å². The number of hydrogen-bond donors (Lipinski definition) is 0. The van der Waals surface area contributed by atoms with Crippen molar-refractivity contribution in [2.45, 2.75) is 64.6 Å². The van der Waals surface area contributed by atoms with E-state index in [0.29, 0.717) is 18.5 Å². The van der Waals surface area contributed by atoms with Crippen molar-refractivity contribution in [2.75, 3.05) is 37.8 Å². The molecule has 3 rings (SSSR count). The van der Waals surface area contributed by atoms with Crippen LogP contribution in [0.15, 0.2) is 24.4 Å². The molecule has 2 saturated heterocycles. The van der Waals surface area contributed by atoms with Crippen LogP contribution in [0.1, 0.15) is 52.5 Å². The first-order valence-corrected chi connectivity index (χ1v) is 11.4. The van der Waals surface area contributed by atoms with Gasteiger partial charge in [-0.05, 0) is 70.7 Å². The van der Waals surface area contributed by atoms with E-state index in [9.17, 15) is 9.59 Å². The number of esters is 1. The molecule has 8 heteroatoms. The number of pyridine rings is 1. The molecule has 0 aliphatic carbocycles. The third-order valence-corrected chi connectivity index (χ3v) is 5.57. The van der Waals surface area contributed by atoms with Gasteiger partial charge in [0.2, 0.25) is 0 Å². The lowest BCUT2D eigenvalue weighted by Gasteiger charge is -2.33. The molecule has 1 atom stereocenters. The molecule has 2 aliphatic heterocycles. The molecule has 0 saturated carbocycles. The topological polar surface area (TPSA) is 81.2 Å². The Bertz CT molecular complexity index is 797. The second kappa shape index (κ2) is 10.9. The highest BCUT2D eigenvalue weighted by Crippen LogP contribution is 2.27. The molecule has 1 amide bonds. The van der Waals surface area contributed by atoms with Crippen molar-refractivity contribution in [2.24, 2.45) is 0 Å². The summed E-state index contributed by atoms with van der Waals surface area (Å²) in [5.74, 6) is 0.150. The van der Waals surface area contributed by atoms with Crippen LogP contribution in [0.3, 0.4) is 0 Å². The Morgan fingerprint density at radius 3 is 2.62 bits per heavy atom. The molecule has 2 aliphatic rings. The smallest absolute Gasteiger partial charge is 0.416 e. The van der Waals surface area contributed by atoms with Crippen molar-refractivity contribution in [3.8, 4) is 0 Å². The van der Waals surface area contributed by atoms with Gasteiger partial charge in [-0.3, -0.25) is 9.80 Å². The van der Waals surface area contributed by atoms with Crippen LogP contribution in [0.4, 0.5) is 10.6 Å². The minimum absolute atomic E-state index is 0.0129. The van der Waals surface area contributed by atoms with Gasteiger partial charge < -0.3 is 14.2 Å². The molecule has 1 aromatic heterocycles. The van der Waals surface area contributed by atoms with Crippen LogP contribution in [0, 0.1) is 0 Å². The number of amides is 1. The molecule has 0 unspecified atom stereocenters. The molecule has 176 valence electrons. The molecule has 0 radical (unpaired) electrons.